The number of aliphatic hydroxyl groups is 1. The Labute approximate surface area is 122 Å². The molecule has 2 unspecified atom stereocenters. The average molecular weight is 328 g/mol. The largest absolute Gasteiger partial charge is 0.466 e. The first-order chi connectivity index (χ1) is 9.42. The van der Waals surface area contributed by atoms with E-state index in [2.05, 4.69) is 0 Å². The van der Waals surface area contributed by atoms with Crippen molar-refractivity contribution in [3.05, 3.63) is 0 Å². The lowest BCUT2D eigenvalue weighted by molar-refractivity contribution is -0.149. The van der Waals surface area contributed by atoms with E-state index < -0.39 is 30.1 Å². The number of aliphatic hydroxyl groups excluding tert-OH is 1. The molecule has 9 heteroatoms. The van der Waals surface area contributed by atoms with Crippen molar-refractivity contribution in [3.8, 4) is 0 Å². The fourth-order valence-corrected chi connectivity index (χ4v) is 4.96. The van der Waals surface area contributed by atoms with Gasteiger partial charge in [-0.15, -0.1) is 0 Å². The summed E-state index contributed by atoms with van der Waals surface area (Å²) < 4.78 is 26.7. The number of esters is 2. The van der Waals surface area contributed by atoms with Crippen LogP contribution in [-0.2, 0) is 28.2 Å². The predicted molar refractivity (Wildman–Crippen MR) is 75.6 cm³/mol. The van der Waals surface area contributed by atoms with Gasteiger partial charge in [0.15, 0.2) is 0 Å². The minimum atomic E-state index is -3.45. The third-order valence-electron chi connectivity index (χ3n) is 1.99. The second-order valence-corrected chi connectivity index (χ2v) is 8.37. The Kier molecular flexibility index (Phi) is 9.92. The van der Waals surface area contributed by atoms with Gasteiger partial charge in [0.25, 0.3) is 6.57 Å². The minimum absolute atomic E-state index is 0.125. The molecule has 0 rings (SSSR count). The Morgan fingerprint density at radius 3 is 2.20 bits per heavy atom. The summed E-state index contributed by atoms with van der Waals surface area (Å²) in [6.45, 7) is 1.88. The summed E-state index contributed by atoms with van der Waals surface area (Å²) in [5.74, 6) is -1.28. The maximum absolute atomic E-state index is 12.2. The van der Waals surface area contributed by atoms with Crippen molar-refractivity contribution in [2.75, 3.05) is 26.2 Å². The second-order valence-electron chi connectivity index (χ2n) is 3.53. The van der Waals surface area contributed by atoms with Crippen molar-refractivity contribution in [1.29, 1.82) is 0 Å². The van der Waals surface area contributed by atoms with Crippen LogP contribution in [-0.4, -0.2) is 48.5 Å². The number of carbonyl (C=O) groups is 2. The number of hydrogen-bond acceptors (Lipinski definition) is 8. The highest BCUT2D eigenvalue weighted by Gasteiger charge is 2.34. The van der Waals surface area contributed by atoms with Crippen molar-refractivity contribution >= 4 is 29.9 Å². The Balaban J connectivity index is 4.87. The lowest BCUT2D eigenvalue weighted by atomic mass is 10.3. The summed E-state index contributed by atoms with van der Waals surface area (Å²) in [6, 6.07) is 0. The predicted octanol–water partition coefficient (Wildman–Crippen LogP) is 1.78. The molecule has 0 aromatic heterocycles. The van der Waals surface area contributed by atoms with Gasteiger partial charge in [0.2, 0.25) is 0 Å². The number of hydrogen-bond donors (Lipinski definition) is 1. The summed E-state index contributed by atoms with van der Waals surface area (Å²) in [7, 11) is 0. The van der Waals surface area contributed by atoms with Crippen LogP contribution in [0.4, 0.5) is 0 Å². The maximum atomic E-state index is 12.2. The molecule has 0 aromatic carbocycles. The van der Waals surface area contributed by atoms with Crippen molar-refractivity contribution in [2.24, 2.45) is 0 Å². The summed E-state index contributed by atoms with van der Waals surface area (Å²) in [6.07, 6.45) is -1.00. The molecule has 118 valence electrons. The van der Waals surface area contributed by atoms with Crippen LogP contribution in [0.2, 0.25) is 0 Å². The number of ether oxygens (including phenoxy) is 2. The molecule has 0 aliphatic rings. The Bertz CT molecular complexity index is 361. The normalized spacial score (nSPS) is 15.2. The van der Waals surface area contributed by atoms with E-state index in [0.717, 1.165) is 0 Å². The van der Waals surface area contributed by atoms with Gasteiger partial charge in [-0.25, -0.2) is 0 Å². The highest BCUT2D eigenvalue weighted by Crippen LogP contribution is 2.61. The summed E-state index contributed by atoms with van der Waals surface area (Å²) in [4.78, 5) is 23.2. The van der Waals surface area contributed by atoms with Crippen LogP contribution in [0.25, 0.3) is 0 Å². The zero-order valence-electron chi connectivity index (χ0n) is 11.9. The smallest absolute Gasteiger partial charge is 0.320 e. The van der Waals surface area contributed by atoms with Crippen molar-refractivity contribution in [2.45, 2.75) is 32.4 Å². The SMILES string of the molecule is CCOC(=O)CC(SP(=O)(CO)OCC)C(=O)OCC. The Hall–Kier alpha value is -0.560. The van der Waals surface area contributed by atoms with E-state index in [4.69, 9.17) is 19.1 Å². The standard InChI is InChI=1S/C11H21O7PS/c1-4-16-10(13)7-9(11(14)17-5-2)20-19(15,8-12)18-6-3/h9,12H,4-8H2,1-3H3. The molecular weight excluding hydrogens is 307 g/mol. The van der Waals surface area contributed by atoms with E-state index in [1.165, 1.54) is 0 Å². The molecule has 0 aliphatic heterocycles. The quantitative estimate of drug-likeness (QED) is 0.478. The molecule has 0 fully saturated rings. The van der Waals surface area contributed by atoms with Crippen LogP contribution in [0.3, 0.4) is 0 Å². The van der Waals surface area contributed by atoms with Gasteiger partial charge >= 0.3 is 11.9 Å². The highest BCUT2D eigenvalue weighted by atomic mass is 32.7. The first-order valence-corrected chi connectivity index (χ1v) is 9.56. The molecule has 1 N–H and O–H groups in total. The Morgan fingerprint density at radius 2 is 1.75 bits per heavy atom. The van der Waals surface area contributed by atoms with E-state index >= 15 is 0 Å². The maximum Gasteiger partial charge on any atom is 0.320 e. The zero-order chi connectivity index (χ0) is 15.6. The van der Waals surface area contributed by atoms with Gasteiger partial charge in [0.05, 0.1) is 26.2 Å². The van der Waals surface area contributed by atoms with Gasteiger partial charge < -0.3 is 19.1 Å². The van der Waals surface area contributed by atoms with Gasteiger partial charge in [0, 0.05) is 0 Å². The molecular formula is C11H21O7PS. The summed E-state index contributed by atoms with van der Waals surface area (Å²) in [5.41, 5.74) is 0. The fourth-order valence-electron chi connectivity index (χ4n) is 1.27. The fraction of sp³-hybridized carbons (Fsp3) is 0.818. The number of rotatable bonds is 10. The first kappa shape index (κ1) is 19.4. The van der Waals surface area contributed by atoms with Crippen molar-refractivity contribution in [3.63, 3.8) is 0 Å². The number of carbonyl (C=O) groups excluding carboxylic acids is 2. The molecule has 0 bridgehead atoms. The van der Waals surface area contributed by atoms with Crippen LogP contribution in [0.1, 0.15) is 27.2 Å². The van der Waals surface area contributed by atoms with Gasteiger partial charge in [-0.1, -0.05) is 11.4 Å². The lowest BCUT2D eigenvalue weighted by Gasteiger charge is -2.20. The minimum Gasteiger partial charge on any atom is -0.466 e. The molecule has 2 atom stereocenters. The molecule has 0 saturated carbocycles. The van der Waals surface area contributed by atoms with E-state index in [1.807, 2.05) is 0 Å². The molecule has 0 spiro atoms. The van der Waals surface area contributed by atoms with Crippen LogP contribution in [0, 0.1) is 0 Å². The lowest BCUT2D eigenvalue weighted by Crippen LogP contribution is -2.24. The summed E-state index contributed by atoms with van der Waals surface area (Å²) >= 11 is 0.627. The summed E-state index contributed by atoms with van der Waals surface area (Å²) in [5, 5.41) is 8.11. The van der Waals surface area contributed by atoms with E-state index in [0.29, 0.717) is 11.4 Å². The third-order valence-corrected chi connectivity index (χ3v) is 6.32. The molecule has 0 saturated heterocycles. The second kappa shape index (κ2) is 10.2. The molecule has 0 radical (unpaired) electrons. The topological polar surface area (TPSA) is 99.1 Å². The molecule has 0 aromatic rings. The molecule has 0 aliphatic carbocycles. The first-order valence-electron chi connectivity index (χ1n) is 6.27. The molecule has 7 nitrogen and oxygen atoms in total. The molecule has 0 amide bonds. The van der Waals surface area contributed by atoms with Gasteiger partial charge in [0.1, 0.15) is 11.6 Å². The third kappa shape index (κ3) is 7.28. The van der Waals surface area contributed by atoms with Crippen molar-refractivity contribution < 1.29 is 33.3 Å². The average Bonchev–Trinajstić information content (AvgIpc) is 2.39. The van der Waals surface area contributed by atoms with Gasteiger partial charge in [-0.2, -0.15) is 0 Å². The van der Waals surface area contributed by atoms with E-state index in [-0.39, 0.29) is 26.2 Å². The molecule has 0 heterocycles. The van der Waals surface area contributed by atoms with Crippen molar-refractivity contribution in [1.82, 2.24) is 0 Å². The van der Waals surface area contributed by atoms with Gasteiger partial charge in [-0.05, 0) is 20.8 Å². The van der Waals surface area contributed by atoms with Crippen LogP contribution in [0.5, 0.6) is 0 Å². The van der Waals surface area contributed by atoms with Crippen LogP contribution >= 0.6 is 18.0 Å². The van der Waals surface area contributed by atoms with Crippen LogP contribution in [0.15, 0.2) is 0 Å². The van der Waals surface area contributed by atoms with E-state index in [9.17, 15) is 14.2 Å². The monoisotopic (exact) mass is 328 g/mol. The van der Waals surface area contributed by atoms with Gasteiger partial charge in [-0.3, -0.25) is 14.2 Å². The van der Waals surface area contributed by atoms with Crippen LogP contribution < -0.4 is 0 Å². The Morgan fingerprint density at radius 1 is 1.15 bits per heavy atom. The van der Waals surface area contributed by atoms with E-state index in [1.54, 1.807) is 20.8 Å². The highest BCUT2D eigenvalue weighted by molar-refractivity contribution is 8.57. The molecule has 20 heavy (non-hydrogen) atoms. The zero-order valence-corrected chi connectivity index (χ0v) is 13.6.